The van der Waals surface area contributed by atoms with Crippen LogP contribution in [0.25, 0.3) is 0 Å². The number of halogens is 1. The molecule has 0 bridgehead atoms. The van der Waals surface area contributed by atoms with Crippen molar-refractivity contribution in [3.8, 4) is 11.5 Å². The first kappa shape index (κ1) is 18.0. The lowest BCUT2D eigenvalue weighted by molar-refractivity contribution is 0.0625. The lowest BCUT2D eigenvalue weighted by Crippen LogP contribution is -2.38. The van der Waals surface area contributed by atoms with Crippen molar-refractivity contribution in [2.75, 3.05) is 13.3 Å². The van der Waals surface area contributed by atoms with E-state index in [9.17, 15) is 13.5 Å². The molecule has 0 aliphatic carbocycles. The van der Waals surface area contributed by atoms with Crippen LogP contribution in [0.4, 0.5) is 0 Å². The number of benzene rings is 2. The molecule has 0 amide bonds. The van der Waals surface area contributed by atoms with Gasteiger partial charge in [0, 0.05) is 11.6 Å². The molecule has 134 valence electrons. The highest BCUT2D eigenvalue weighted by molar-refractivity contribution is 7.89. The summed E-state index contributed by atoms with van der Waals surface area (Å²) in [6, 6.07) is 9.63. The summed E-state index contributed by atoms with van der Waals surface area (Å²) in [6.45, 7) is 3.13. The Hall–Kier alpha value is -1.80. The largest absolute Gasteiger partial charge is 0.454 e. The molecule has 2 aromatic rings. The number of aliphatic hydroxyl groups is 1. The predicted octanol–water partition coefficient (Wildman–Crippen LogP) is 2.56. The Morgan fingerprint density at radius 1 is 1.20 bits per heavy atom. The maximum Gasteiger partial charge on any atom is 0.240 e. The van der Waals surface area contributed by atoms with Crippen LogP contribution >= 0.6 is 11.6 Å². The smallest absolute Gasteiger partial charge is 0.240 e. The summed E-state index contributed by atoms with van der Waals surface area (Å²) < 4.78 is 38.1. The van der Waals surface area contributed by atoms with Crippen molar-refractivity contribution in [2.24, 2.45) is 0 Å². The summed E-state index contributed by atoms with van der Waals surface area (Å²) in [4.78, 5) is 0.0847. The molecule has 8 heteroatoms. The molecule has 1 aliphatic heterocycles. The van der Waals surface area contributed by atoms with Gasteiger partial charge in [0.1, 0.15) is 5.60 Å². The number of aryl methyl sites for hydroxylation is 1. The summed E-state index contributed by atoms with van der Waals surface area (Å²) in [7, 11) is -3.82. The molecule has 2 aromatic carbocycles. The third-order valence-corrected chi connectivity index (χ3v) is 5.82. The summed E-state index contributed by atoms with van der Waals surface area (Å²) >= 11 is 5.90. The quantitative estimate of drug-likeness (QED) is 0.828. The third-order valence-electron chi connectivity index (χ3n) is 4.04. The molecule has 1 atom stereocenters. The van der Waals surface area contributed by atoms with Gasteiger partial charge in [-0.15, -0.1) is 0 Å². The van der Waals surface area contributed by atoms with Gasteiger partial charge >= 0.3 is 0 Å². The van der Waals surface area contributed by atoms with E-state index < -0.39 is 15.6 Å². The fourth-order valence-electron chi connectivity index (χ4n) is 2.51. The Kier molecular flexibility index (Phi) is 4.68. The van der Waals surface area contributed by atoms with Crippen LogP contribution in [0, 0.1) is 6.92 Å². The average Bonchev–Trinajstić information content (AvgIpc) is 3.03. The van der Waals surface area contributed by atoms with E-state index in [2.05, 4.69) is 4.72 Å². The zero-order chi connectivity index (χ0) is 18.2. The van der Waals surface area contributed by atoms with E-state index in [4.69, 9.17) is 21.1 Å². The molecule has 0 spiro atoms. The van der Waals surface area contributed by atoms with Gasteiger partial charge in [0.05, 0.1) is 4.90 Å². The van der Waals surface area contributed by atoms with E-state index >= 15 is 0 Å². The van der Waals surface area contributed by atoms with Gasteiger partial charge in [-0.1, -0.05) is 23.7 Å². The lowest BCUT2D eigenvalue weighted by atomic mass is 9.96. The molecular weight excluding hydrogens is 366 g/mol. The Labute approximate surface area is 151 Å². The Morgan fingerprint density at radius 3 is 2.68 bits per heavy atom. The maximum atomic E-state index is 12.5. The van der Waals surface area contributed by atoms with Gasteiger partial charge in [0.25, 0.3) is 0 Å². The SMILES string of the molecule is Cc1ccc(Cl)cc1S(=O)(=O)NCC(C)(O)c1ccc2c(c1)OCO2. The van der Waals surface area contributed by atoms with Crippen LogP contribution in [0.15, 0.2) is 41.3 Å². The number of fused-ring (bicyclic) bond motifs is 1. The zero-order valence-electron chi connectivity index (χ0n) is 13.7. The van der Waals surface area contributed by atoms with E-state index in [1.54, 1.807) is 37.3 Å². The summed E-state index contributed by atoms with van der Waals surface area (Å²) in [5.41, 5.74) is -0.345. The minimum Gasteiger partial charge on any atom is -0.454 e. The third kappa shape index (κ3) is 3.74. The van der Waals surface area contributed by atoms with Crippen molar-refractivity contribution in [1.82, 2.24) is 4.72 Å². The summed E-state index contributed by atoms with van der Waals surface area (Å²) in [5, 5.41) is 11.0. The van der Waals surface area contributed by atoms with Gasteiger partial charge in [0.15, 0.2) is 11.5 Å². The molecule has 0 saturated heterocycles. The number of sulfonamides is 1. The van der Waals surface area contributed by atoms with Crippen LogP contribution in [0.3, 0.4) is 0 Å². The standard InChI is InChI=1S/C17H18ClNO5S/c1-11-3-5-13(18)8-16(11)25(21,22)19-9-17(2,20)12-4-6-14-15(7-12)24-10-23-14/h3-8,19-20H,9-10H2,1-2H3. The number of ether oxygens (including phenoxy) is 2. The van der Waals surface area contributed by atoms with Gasteiger partial charge in [-0.25, -0.2) is 13.1 Å². The van der Waals surface area contributed by atoms with E-state index in [1.807, 2.05) is 0 Å². The van der Waals surface area contributed by atoms with Crippen molar-refractivity contribution >= 4 is 21.6 Å². The van der Waals surface area contributed by atoms with Gasteiger partial charge < -0.3 is 14.6 Å². The summed E-state index contributed by atoms with van der Waals surface area (Å²) in [6.07, 6.45) is 0. The fraction of sp³-hybridized carbons (Fsp3) is 0.294. The first-order valence-corrected chi connectivity index (χ1v) is 9.43. The molecular formula is C17H18ClNO5S. The van der Waals surface area contributed by atoms with Crippen LogP contribution in [0.2, 0.25) is 5.02 Å². The predicted molar refractivity (Wildman–Crippen MR) is 93.5 cm³/mol. The average molecular weight is 384 g/mol. The fourth-order valence-corrected chi connectivity index (χ4v) is 4.15. The maximum absolute atomic E-state index is 12.5. The molecule has 1 unspecified atom stereocenters. The van der Waals surface area contributed by atoms with Crippen LogP contribution < -0.4 is 14.2 Å². The van der Waals surface area contributed by atoms with E-state index in [-0.39, 0.29) is 18.2 Å². The van der Waals surface area contributed by atoms with Gasteiger partial charge in [-0.2, -0.15) is 0 Å². The van der Waals surface area contributed by atoms with Crippen LogP contribution in [0.1, 0.15) is 18.1 Å². The van der Waals surface area contributed by atoms with Crippen LogP contribution in [-0.2, 0) is 15.6 Å². The second-order valence-electron chi connectivity index (χ2n) is 6.08. The van der Waals surface area contributed by atoms with Gasteiger partial charge in [-0.05, 0) is 49.2 Å². The van der Waals surface area contributed by atoms with Crippen molar-refractivity contribution in [3.63, 3.8) is 0 Å². The van der Waals surface area contributed by atoms with E-state index in [0.717, 1.165) is 0 Å². The second kappa shape index (κ2) is 6.49. The molecule has 0 aromatic heterocycles. The molecule has 25 heavy (non-hydrogen) atoms. The van der Waals surface area contributed by atoms with Gasteiger partial charge in [0.2, 0.25) is 16.8 Å². The number of rotatable bonds is 5. The molecule has 1 aliphatic rings. The van der Waals surface area contributed by atoms with Crippen molar-refractivity contribution < 1.29 is 23.0 Å². The monoisotopic (exact) mass is 383 g/mol. The van der Waals surface area contributed by atoms with Crippen LogP contribution in [0.5, 0.6) is 11.5 Å². The second-order valence-corrected chi connectivity index (χ2v) is 8.25. The van der Waals surface area contributed by atoms with Gasteiger partial charge in [-0.3, -0.25) is 0 Å². The number of hydrogen-bond donors (Lipinski definition) is 2. The highest BCUT2D eigenvalue weighted by Crippen LogP contribution is 2.35. The van der Waals surface area contributed by atoms with E-state index in [1.165, 1.54) is 13.0 Å². The number of nitrogens with one attached hydrogen (secondary N) is 1. The molecule has 0 fully saturated rings. The zero-order valence-corrected chi connectivity index (χ0v) is 15.3. The Bertz CT molecular complexity index is 911. The minimum atomic E-state index is -3.82. The first-order chi connectivity index (χ1) is 11.7. The molecule has 3 rings (SSSR count). The molecule has 6 nitrogen and oxygen atoms in total. The van der Waals surface area contributed by atoms with Crippen molar-refractivity contribution in [1.29, 1.82) is 0 Å². The highest BCUT2D eigenvalue weighted by atomic mass is 35.5. The van der Waals surface area contributed by atoms with Crippen molar-refractivity contribution in [3.05, 3.63) is 52.5 Å². The Morgan fingerprint density at radius 2 is 1.92 bits per heavy atom. The first-order valence-electron chi connectivity index (χ1n) is 7.57. The highest BCUT2D eigenvalue weighted by Gasteiger charge is 2.29. The molecule has 0 radical (unpaired) electrons. The Balaban J connectivity index is 1.80. The minimum absolute atomic E-state index is 0.0847. The normalized spacial score (nSPS) is 15.8. The molecule has 0 saturated carbocycles. The molecule has 1 heterocycles. The summed E-state index contributed by atoms with van der Waals surface area (Å²) in [5.74, 6) is 1.11. The number of hydrogen-bond acceptors (Lipinski definition) is 5. The van der Waals surface area contributed by atoms with Crippen molar-refractivity contribution in [2.45, 2.75) is 24.3 Å². The van der Waals surface area contributed by atoms with Crippen LogP contribution in [-0.4, -0.2) is 26.9 Å². The van der Waals surface area contributed by atoms with E-state index in [0.29, 0.717) is 27.6 Å². The lowest BCUT2D eigenvalue weighted by Gasteiger charge is -2.24. The molecule has 2 N–H and O–H groups in total. The topological polar surface area (TPSA) is 84.9 Å².